The lowest BCUT2D eigenvalue weighted by Gasteiger charge is -2.30. The van der Waals surface area contributed by atoms with Crippen LogP contribution in [0, 0.1) is 12.8 Å². The van der Waals surface area contributed by atoms with Crippen LogP contribution in [-0.4, -0.2) is 31.7 Å². The SMILES string of the molecule is Cc1nc2sc3c(c2c2nc(CNCC(C)C)nn12)CC(C)(C)OC3. The lowest BCUT2D eigenvalue weighted by atomic mass is 9.94. The van der Waals surface area contributed by atoms with E-state index in [9.17, 15) is 0 Å². The molecule has 0 aliphatic carbocycles. The summed E-state index contributed by atoms with van der Waals surface area (Å²) in [7, 11) is 0. The topological polar surface area (TPSA) is 64.3 Å². The second-order valence-corrected chi connectivity index (χ2v) is 8.94. The molecule has 0 unspecified atom stereocenters. The molecule has 0 bridgehead atoms. The summed E-state index contributed by atoms with van der Waals surface area (Å²) >= 11 is 1.73. The Labute approximate surface area is 151 Å². The first kappa shape index (κ1) is 16.9. The highest BCUT2D eigenvalue weighted by atomic mass is 32.1. The van der Waals surface area contributed by atoms with Crippen LogP contribution in [0.2, 0.25) is 0 Å². The van der Waals surface area contributed by atoms with Crippen LogP contribution in [0.1, 0.15) is 49.8 Å². The maximum atomic E-state index is 5.97. The monoisotopic (exact) mass is 359 g/mol. The van der Waals surface area contributed by atoms with Gasteiger partial charge in [0.25, 0.3) is 0 Å². The fraction of sp³-hybridized carbons (Fsp3) is 0.611. The van der Waals surface area contributed by atoms with E-state index in [1.165, 1.54) is 10.4 Å². The minimum absolute atomic E-state index is 0.148. The predicted octanol–water partition coefficient (Wildman–Crippen LogP) is 3.24. The summed E-state index contributed by atoms with van der Waals surface area (Å²) in [6.07, 6.45) is 0.885. The van der Waals surface area contributed by atoms with E-state index in [-0.39, 0.29) is 5.60 Å². The summed E-state index contributed by atoms with van der Waals surface area (Å²) in [4.78, 5) is 11.9. The van der Waals surface area contributed by atoms with Crippen molar-refractivity contribution in [2.75, 3.05) is 6.54 Å². The third-order valence-corrected chi connectivity index (χ3v) is 5.65. The number of hydrogen-bond donors (Lipinski definition) is 1. The molecule has 0 radical (unpaired) electrons. The molecule has 1 N–H and O–H groups in total. The Hall–Kier alpha value is -1.57. The number of hydrogen-bond acceptors (Lipinski definition) is 6. The molecule has 0 spiro atoms. The Morgan fingerprint density at radius 2 is 2.12 bits per heavy atom. The van der Waals surface area contributed by atoms with Gasteiger partial charge in [0.2, 0.25) is 0 Å². The van der Waals surface area contributed by atoms with E-state index in [0.717, 1.165) is 40.5 Å². The third-order valence-electron chi connectivity index (χ3n) is 4.55. The predicted molar refractivity (Wildman–Crippen MR) is 100 cm³/mol. The number of fused-ring (bicyclic) bond motifs is 5. The summed E-state index contributed by atoms with van der Waals surface area (Å²) in [6, 6.07) is 0. The van der Waals surface area contributed by atoms with Crippen LogP contribution in [0.3, 0.4) is 0 Å². The van der Waals surface area contributed by atoms with Crippen molar-refractivity contribution in [1.82, 2.24) is 24.9 Å². The number of aryl methyl sites for hydroxylation is 1. The summed E-state index contributed by atoms with van der Waals surface area (Å²) in [6.45, 7) is 13.0. The standard InChI is InChI=1S/C18H25N5OS/c1-10(2)7-19-8-14-21-16-15-12-6-18(4,5)24-9-13(12)25-17(15)20-11(3)23(16)22-14/h10,19H,6-9H2,1-5H3. The van der Waals surface area contributed by atoms with E-state index >= 15 is 0 Å². The molecule has 134 valence electrons. The first-order valence-corrected chi connectivity index (χ1v) is 9.67. The van der Waals surface area contributed by atoms with Crippen LogP contribution < -0.4 is 5.32 Å². The first-order chi connectivity index (χ1) is 11.8. The van der Waals surface area contributed by atoms with Crippen molar-refractivity contribution < 1.29 is 4.74 Å². The minimum atomic E-state index is -0.148. The van der Waals surface area contributed by atoms with Gasteiger partial charge in [-0.1, -0.05) is 13.8 Å². The van der Waals surface area contributed by atoms with E-state index in [1.54, 1.807) is 11.3 Å². The van der Waals surface area contributed by atoms with E-state index in [4.69, 9.17) is 14.7 Å². The maximum absolute atomic E-state index is 5.97. The fourth-order valence-corrected chi connectivity index (χ4v) is 4.48. The number of thiophene rings is 1. The van der Waals surface area contributed by atoms with Gasteiger partial charge < -0.3 is 10.1 Å². The lowest BCUT2D eigenvalue weighted by Crippen LogP contribution is -2.31. The smallest absolute Gasteiger partial charge is 0.168 e. The highest BCUT2D eigenvalue weighted by Gasteiger charge is 2.31. The van der Waals surface area contributed by atoms with Gasteiger partial charge in [0.05, 0.1) is 24.1 Å². The molecule has 0 atom stereocenters. The second-order valence-electron chi connectivity index (χ2n) is 7.86. The lowest BCUT2D eigenvalue weighted by molar-refractivity contribution is -0.0379. The Balaban J connectivity index is 1.81. The molecule has 1 aliphatic rings. The van der Waals surface area contributed by atoms with E-state index in [1.807, 2.05) is 11.4 Å². The number of aromatic nitrogens is 4. The van der Waals surface area contributed by atoms with Crippen molar-refractivity contribution in [1.29, 1.82) is 0 Å². The maximum Gasteiger partial charge on any atom is 0.168 e. The van der Waals surface area contributed by atoms with Gasteiger partial charge in [-0.05, 0) is 38.8 Å². The van der Waals surface area contributed by atoms with Gasteiger partial charge in [-0.15, -0.1) is 16.4 Å². The van der Waals surface area contributed by atoms with Crippen LogP contribution in [0.25, 0.3) is 15.9 Å². The van der Waals surface area contributed by atoms with Gasteiger partial charge in [0.15, 0.2) is 11.5 Å². The molecular formula is C18H25N5OS. The molecule has 1 aliphatic heterocycles. The van der Waals surface area contributed by atoms with Crippen molar-refractivity contribution in [3.63, 3.8) is 0 Å². The summed E-state index contributed by atoms with van der Waals surface area (Å²) in [5.74, 6) is 2.31. The van der Waals surface area contributed by atoms with Crippen molar-refractivity contribution in [2.45, 2.75) is 59.8 Å². The molecule has 0 saturated heterocycles. The Morgan fingerprint density at radius 1 is 1.32 bits per heavy atom. The molecule has 3 aromatic rings. The highest BCUT2D eigenvalue weighted by molar-refractivity contribution is 7.19. The molecule has 4 heterocycles. The molecule has 6 nitrogen and oxygen atoms in total. The van der Waals surface area contributed by atoms with E-state index in [2.05, 4.69) is 38.1 Å². The second kappa shape index (κ2) is 6.00. The zero-order chi connectivity index (χ0) is 17.8. The summed E-state index contributed by atoms with van der Waals surface area (Å²) in [5, 5.41) is 9.26. The van der Waals surface area contributed by atoms with Crippen LogP contribution in [0.15, 0.2) is 0 Å². The number of rotatable bonds is 4. The van der Waals surface area contributed by atoms with Crippen LogP contribution in [0.5, 0.6) is 0 Å². The molecule has 0 fully saturated rings. The molecule has 0 aromatic carbocycles. The van der Waals surface area contributed by atoms with Crippen LogP contribution in [-0.2, 0) is 24.3 Å². The highest BCUT2D eigenvalue weighted by Crippen LogP contribution is 2.39. The van der Waals surface area contributed by atoms with Gasteiger partial charge in [-0.3, -0.25) is 0 Å². The van der Waals surface area contributed by atoms with Gasteiger partial charge in [0.1, 0.15) is 10.7 Å². The molecule has 7 heteroatoms. The Morgan fingerprint density at radius 3 is 2.88 bits per heavy atom. The van der Waals surface area contributed by atoms with Gasteiger partial charge in [0, 0.05) is 11.3 Å². The van der Waals surface area contributed by atoms with Gasteiger partial charge in [-0.25, -0.2) is 9.97 Å². The van der Waals surface area contributed by atoms with Crippen LogP contribution in [0.4, 0.5) is 0 Å². The normalized spacial score (nSPS) is 16.9. The number of nitrogens with zero attached hydrogens (tertiary/aromatic N) is 4. The fourth-order valence-electron chi connectivity index (χ4n) is 3.33. The zero-order valence-electron chi connectivity index (χ0n) is 15.5. The number of nitrogens with one attached hydrogen (secondary N) is 1. The zero-order valence-corrected chi connectivity index (χ0v) is 16.3. The van der Waals surface area contributed by atoms with Crippen molar-refractivity contribution in [3.05, 3.63) is 22.1 Å². The molecule has 0 amide bonds. The minimum Gasteiger partial charge on any atom is -0.370 e. The summed E-state index contributed by atoms with van der Waals surface area (Å²) < 4.78 is 7.87. The number of ether oxygens (including phenoxy) is 1. The molecular weight excluding hydrogens is 334 g/mol. The van der Waals surface area contributed by atoms with Gasteiger partial charge in [-0.2, -0.15) is 4.52 Å². The third kappa shape index (κ3) is 3.05. The molecule has 3 aromatic heterocycles. The molecule has 4 rings (SSSR count). The average molecular weight is 359 g/mol. The van der Waals surface area contributed by atoms with Crippen LogP contribution >= 0.6 is 11.3 Å². The van der Waals surface area contributed by atoms with Crippen molar-refractivity contribution in [2.24, 2.45) is 5.92 Å². The first-order valence-electron chi connectivity index (χ1n) is 8.85. The molecule has 0 saturated carbocycles. The quantitative estimate of drug-likeness (QED) is 0.775. The summed E-state index contributed by atoms with van der Waals surface area (Å²) in [5.41, 5.74) is 2.12. The van der Waals surface area contributed by atoms with E-state index in [0.29, 0.717) is 19.1 Å². The average Bonchev–Trinajstić information content (AvgIpc) is 3.07. The Kier molecular flexibility index (Phi) is 4.05. The molecule has 25 heavy (non-hydrogen) atoms. The Bertz CT molecular complexity index is 940. The van der Waals surface area contributed by atoms with Gasteiger partial charge >= 0.3 is 0 Å². The van der Waals surface area contributed by atoms with E-state index < -0.39 is 0 Å². The largest absolute Gasteiger partial charge is 0.370 e. The van der Waals surface area contributed by atoms with Crippen molar-refractivity contribution in [3.8, 4) is 0 Å². The van der Waals surface area contributed by atoms with Crippen molar-refractivity contribution >= 4 is 27.2 Å².